The monoisotopic (exact) mass is 461 g/mol. The Kier molecular flexibility index (Phi) is 5.76. The van der Waals surface area contributed by atoms with Gasteiger partial charge in [-0.3, -0.25) is 9.97 Å². The minimum atomic E-state index is -3.72. The molecule has 9 heteroatoms. The van der Waals surface area contributed by atoms with Gasteiger partial charge >= 0.3 is 0 Å². The molecule has 0 aliphatic carbocycles. The quantitative estimate of drug-likeness (QED) is 0.486. The first kappa shape index (κ1) is 21.4. The van der Waals surface area contributed by atoms with Crippen LogP contribution in [0.3, 0.4) is 0 Å². The van der Waals surface area contributed by atoms with E-state index in [1.54, 1.807) is 37.9 Å². The molecular formula is C24H23N5O3S. The first-order chi connectivity index (χ1) is 16.1. The van der Waals surface area contributed by atoms with E-state index in [9.17, 15) is 8.42 Å². The van der Waals surface area contributed by atoms with E-state index in [4.69, 9.17) is 4.74 Å². The van der Waals surface area contributed by atoms with Gasteiger partial charge in [0.2, 0.25) is 10.0 Å². The van der Waals surface area contributed by atoms with Crippen molar-refractivity contribution in [2.24, 2.45) is 0 Å². The average molecular weight is 462 g/mol. The lowest BCUT2D eigenvalue weighted by atomic mass is 9.98. The summed E-state index contributed by atoms with van der Waals surface area (Å²) < 4.78 is 33.5. The maximum absolute atomic E-state index is 13.4. The van der Waals surface area contributed by atoms with E-state index in [-0.39, 0.29) is 4.90 Å². The molecular weight excluding hydrogens is 438 g/mol. The van der Waals surface area contributed by atoms with Crippen LogP contribution in [0.25, 0.3) is 33.2 Å². The number of aromatic nitrogens is 3. The number of pyridine rings is 3. The first-order valence-corrected chi connectivity index (χ1v) is 12.1. The van der Waals surface area contributed by atoms with Gasteiger partial charge in [-0.15, -0.1) is 0 Å². The smallest absolute Gasteiger partial charge is 0.246 e. The molecule has 1 aliphatic heterocycles. The van der Waals surface area contributed by atoms with Crippen molar-refractivity contribution >= 4 is 26.7 Å². The van der Waals surface area contributed by atoms with E-state index >= 15 is 0 Å². The van der Waals surface area contributed by atoms with Gasteiger partial charge in [-0.1, -0.05) is 6.07 Å². The summed E-state index contributed by atoms with van der Waals surface area (Å²) in [7, 11) is -2.05. The molecule has 1 aromatic carbocycles. The van der Waals surface area contributed by atoms with Crippen LogP contribution in [0.4, 0.5) is 5.82 Å². The molecule has 1 N–H and O–H groups in total. The second-order valence-electron chi connectivity index (χ2n) is 7.66. The predicted molar refractivity (Wildman–Crippen MR) is 127 cm³/mol. The number of hydrogen-bond donors (Lipinski definition) is 1. The van der Waals surface area contributed by atoms with Crippen molar-refractivity contribution in [3.8, 4) is 22.3 Å². The highest BCUT2D eigenvalue weighted by molar-refractivity contribution is 7.89. The molecule has 0 saturated carbocycles. The first-order valence-electron chi connectivity index (χ1n) is 10.6. The number of ether oxygens (including phenoxy) is 1. The summed E-state index contributed by atoms with van der Waals surface area (Å²) in [5, 5.41) is 3.88. The van der Waals surface area contributed by atoms with Crippen molar-refractivity contribution in [3.05, 3.63) is 67.3 Å². The molecule has 168 valence electrons. The lowest BCUT2D eigenvalue weighted by molar-refractivity contribution is 0.0730. The largest absolute Gasteiger partial charge is 0.379 e. The zero-order chi connectivity index (χ0) is 22.8. The molecule has 0 atom stereocenters. The summed E-state index contributed by atoms with van der Waals surface area (Å²) >= 11 is 0. The van der Waals surface area contributed by atoms with Gasteiger partial charge in [-0.2, -0.15) is 4.31 Å². The predicted octanol–water partition coefficient (Wildman–Crippen LogP) is 3.42. The Morgan fingerprint density at radius 1 is 0.909 bits per heavy atom. The van der Waals surface area contributed by atoms with Crippen LogP contribution in [0.2, 0.25) is 0 Å². The van der Waals surface area contributed by atoms with Gasteiger partial charge in [0, 0.05) is 55.9 Å². The summed E-state index contributed by atoms with van der Waals surface area (Å²) in [5.41, 5.74) is 4.50. The highest BCUT2D eigenvalue weighted by Gasteiger charge is 2.29. The molecule has 0 amide bonds. The van der Waals surface area contributed by atoms with E-state index in [0.29, 0.717) is 37.7 Å². The minimum absolute atomic E-state index is 0.157. The standard InChI is InChI=1S/C24H23N5O3S/c1-25-24-23(33(30,31)29-10-12-32-13-11-29)15-19(16-28-24)18-2-3-22-21(14-18)20(6-9-27-22)17-4-7-26-8-5-17/h2-9,14-16H,10-13H2,1H3,(H,25,28). The van der Waals surface area contributed by atoms with Crippen LogP contribution in [0.15, 0.2) is 72.1 Å². The highest BCUT2D eigenvalue weighted by Crippen LogP contribution is 2.33. The lowest BCUT2D eigenvalue weighted by Gasteiger charge is -2.26. The Hall–Kier alpha value is -3.40. The number of nitrogens with zero attached hydrogens (tertiary/aromatic N) is 4. The number of fused-ring (bicyclic) bond motifs is 1. The molecule has 0 radical (unpaired) electrons. The fourth-order valence-corrected chi connectivity index (χ4v) is 5.60. The van der Waals surface area contributed by atoms with Gasteiger partial charge in [0.1, 0.15) is 10.7 Å². The third kappa shape index (κ3) is 4.06. The maximum atomic E-state index is 13.4. The zero-order valence-corrected chi connectivity index (χ0v) is 18.9. The Balaban J connectivity index is 1.62. The summed E-state index contributed by atoms with van der Waals surface area (Å²) in [6, 6.07) is 13.5. The van der Waals surface area contributed by atoms with Crippen molar-refractivity contribution in [2.75, 3.05) is 38.7 Å². The SMILES string of the molecule is CNc1ncc(-c2ccc3nccc(-c4ccncc4)c3c2)cc1S(=O)(=O)N1CCOCC1. The zero-order valence-electron chi connectivity index (χ0n) is 18.1. The molecule has 4 aromatic rings. The van der Waals surface area contributed by atoms with Crippen molar-refractivity contribution < 1.29 is 13.2 Å². The fourth-order valence-electron chi connectivity index (χ4n) is 4.02. The average Bonchev–Trinajstić information content (AvgIpc) is 2.88. The van der Waals surface area contributed by atoms with Crippen LogP contribution in [0, 0.1) is 0 Å². The van der Waals surface area contributed by atoms with E-state index in [2.05, 4.69) is 20.3 Å². The Morgan fingerprint density at radius 2 is 1.70 bits per heavy atom. The van der Waals surface area contributed by atoms with Crippen LogP contribution < -0.4 is 5.32 Å². The van der Waals surface area contributed by atoms with E-state index < -0.39 is 10.0 Å². The number of hydrogen-bond acceptors (Lipinski definition) is 7. The summed E-state index contributed by atoms with van der Waals surface area (Å²) in [6.07, 6.45) is 6.99. The molecule has 3 aromatic heterocycles. The Labute approximate surface area is 192 Å². The number of sulfonamides is 1. The van der Waals surface area contributed by atoms with Crippen LogP contribution in [0.1, 0.15) is 0 Å². The molecule has 0 unspecified atom stereocenters. The number of rotatable bonds is 5. The molecule has 33 heavy (non-hydrogen) atoms. The van der Waals surface area contributed by atoms with E-state index in [1.807, 2.05) is 36.4 Å². The van der Waals surface area contributed by atoms with Crippen molar-refractivity contribution in [1.82, 2.24) is 19.3 Å². The van der Waals surface area contributed by atoms with Crippen LogP contribution in [-0.4, -0.2) is 61.0 Å². The van der Waals surface area contributed by atoms with Crippen LogP contribution in [0.5, 0.6) is 0 Å². The maximum Gasteiger partial charge on any atom is 0.246 e. The molecule has 0 spiro atoms. The number of morpholine rings is 1. The third-order valence-corrected chi connectivity index (χ3v) is 7.66. The molecule has 1 aliphatic rings. The summed E-state index contributed by atoms with van der Waals surface area (Å²) in [4.78, 5) is 13.2. The highest BCUT2D eigenvalue weighted by atomic mass is 32.2. The normalized spacial score (nSPS) is 14.9. The van der Waals surface area contributed by atoms with Gasteiger partial charge in [-0.05, 0) is 53.1 Å². The van der Waals surface area contributed by atoms with Crippen molar-refractivity contribution in [3.63, 3.8) is 0 Å². The lowest BCUT2D eigenvalue weighted by Crippen LogP contribution is -2.40. The molecule has 1 fully saturated rings. The molecule has 8 nitrogen and oxygen atoms in total. The summed E-state index contributed by atoms with van der Waals surface area (Å²) in [5.74, 6) is 0.324. The fraction of sp³-hybridized carbons (Fsp3) is 0.208. The minimum Gasteiger partial charge on any atom is -0.379 e. The van der Waals surface area contributed by atoms with Crippen molar-refractivity contribution in [2.45, 2.75) is 4.90 Å². The summed E-state index contributed by atoms with van der Waals surface area (Å²) in [6.45, 7) is 1.42. The van der Waals surface area contributed by atoms with Gasteiger partial charge in [-0.25, -0.2) is 13.4 Å². The Bertz CT molecular complexity index is 1400. The Morgan fingerprint density at radius 3 is 2.45 bits per heavy atom. The number of nitrogens with one attached hydrogen (secondary N) is 1. The molecule has 5 rings (SSSR count). The van der Waals surface area contributed by atoms with Crippen LogP contribution >= 0.6 is 0 Å². The topological polar surface area (TPSA) is 97.3 Å². The molecule has 4 heterocycles. The second kappa shape index (κ2) is 8.86. The van der Waals surface area contributed by atoms with Gasteiger partial charge in [0.15, 0.2) is 0 Å². The second-order valence-corrected chi connectivity index (χ2v) is 9.57. The van der Waals surface area contributed by atoms with E-state index in [0.717, 1.165) is 27.6 Å². The van der Waals surface area contributed by atoms with Gasteiger partial charge in [0.25, 0.3) is 0 Å². The van der Waals surface area contributed by atoms with Crippen molar-refractivity contribution in [1.29, 1.82) is 0 Å². The van der Waals surface area contributed by atoms with Crippen LogP contribution in [-0.2, 0) is 14.8 Å². The van der Waals surface area contributed by atoms with E-state index in [1.165, 1.54) is 4.31 Å². The molecule has 1 saturated heterocycles. The van der Waals surface area contributed by atoms with Gasteiger partial charge in [0.05, 0.1) is 18.7 Å². The third-order valence-electron chi connectivity index (χ3n) is 5.74. The number of anilines is 1. The molecule has 0 bridgehead atoms. The van der Waals surface area contributed by atoms with Gasteiger partial charge < -0.3 is 10.1 Å². The number of benzene rings is 1.